The SMILES string of the molecule is CC1(C)C(C(Cl)c2ccc3c(c2)CCC3)C1(C)C. The number of halogens is 1. The lowest BCUT2D eigenvalue weighted by atomic mass is 9.99. The summed E-state index contributed by atoms with van der Waals surface area (Å²) in [5.41, 5.74) is 5.13. The zero-order valence-electron chi connectivity index (χ0n) is 11.9. The molecule has 0 aliphatic heterocycles. The Balaban J connectivity index is 1.88. The quantitative estimate of drug-likeness (QED) is 0.648. The van der Waals surface area contributed by atoms with E-state index >= 15 is 0 Å². The summed E-state index contributed by atoms with van der Waals surface area (Å²) in [6.45, 7) is 9.39. The lowest BCUT2D eigenvalue weighted by Crippen LogP contribution is -2.00. The highest BCUT2D eigenvalue weighted by atomic mass is 35.5. The van der Waals surface area contributed by atoms with Crippen LogP contribution in [0.4, 0.5) is 0 Å². The van der Waals surface area contributed by atoms with Gasteiger partial charge in [-0.25, -0.2) is 0 Å². The molecule has 1 aromatic carbocycles. The van der Waals surface area contributed by atoms with Crippen molar-refractivity contribution in [1.29, 1.82) is 0 Å². The van der Waals surface area contributed by atoms with E-state index < -0.39 is 0 Å². The molecule has 0 radical (unpaired) electrons. The monoisotopic (exact) mass is 262 g/mol. The smallest absolute Gasteiger partial charge is 0.0624 e. The average molecular weight is 263 g/mol. The summed E-state index contributed by atoms with van der Waals surface area (Å²) in [5, 5.41) is 0.167. The molecule has 98 valence electrons. The van der Waals surface area contributed by atoms with Crippen molar-refractivity contribution in [1.82, 2.24) is 0 Å². The van der Waals surface area contributed by atoms with Crippen molar-refractivity contribution in [3.8, 4) is 0 Å². The van der Waals surface area contributed by atoms with Crippen molar-refractivity contribution in [3.63, 3.8) is 0 Å². The van der Waals surface area contributed by atoms with E-state index in [-0.39, 0.29) is 5.38 Å². The Morgan fingerprint density at radius 2 is 1.67 bits per heavy atom. The number of hydrogen-bond donors (Lipinski definition) is 0. The third-order valence-corrected chi connectivity index (χ3v) is 6.37. The molecule has 1 atom stereocenters. The van der Waals surface area contributed by atoms with Crippen molar-refractivity contribution in [2.45, 2.75) is 52.3 Å². The second-order valence-corrected chi connectivity index (χ2v) is 7.67. The number of aryl methyl sites for hydroxylation is 2. The van der Waals surface area contributed by atoms with Gasteiger partial charge in [0, 0.05) is 0 Å². The summed E-state index contributed by atoms with van der Waals surface area (Å²) in [4.78, 5) is 0. The Morgan fingerprint density at radius 3 is 2.28 bits per heavy atom. The lowest BCUT2D eigenvalue weighted by Gasteiger charge is -2.13. The summed E-state index contributed by atoms with van der Waals surface area (Å²) in [5.74, 6) is 0.589. The van der Waals surface area contributed by atoms with Crippen LogP contribution < -0.4 is 0 Å². The lowest BCUT2D eigenvalue weighted by molar-refractivity contribution is 0.457. The van der Waals surface area contributed by atoms with Crippen molar-refractivity contribution in [3.05, 3.63) is 34.9 Å². The largest absolute Gasteiger partial charge is 0.117 e. The fourth-order valence-electron chi connectivity index (χ4n) is 3.93. The Morgan fingerprint density at radius 1 is 1.06 bits per heavy atom. The molecule has 0 amide bonds. The molecule has 1 heteroatoms. The van der Waals surface area contributed by atoms with Crippen LogP contribution in [0, 0.1) is 16.7 Å². The number of hydrogen-bond acceptors (Lipinski definition) is 0. The highest BCUT2D eigenvalue weighted by Gasteiger charge is 2.67. The molecule has 2 aliphatic carbocycles. The second kappa shape index (κ2) is 3.76. The normalized spacial score (nSPS) is 25.8. The van der Waals surface area contributed by atoms with E-state index in [1.165, 1.54) is 36.0 Å². The van der Waals surface area contributed by atoms with Crippen LogP contribution in [0.2, 0.25) is 0 Å². The Hall–Kier alpha value is -0.490. The van der Waals surface area contributed by atoms with Crippen LogP contribution >= 0.6 is 11.6 Å². The van der Waals surface area contributed by atoms with E-state index in [0.29, 0.717) is 16.7 Å². The average Bonchev–Trinajstić information content (AvgIpc) is 2.69. The van der Waals surface area contributed by atoms with Gasteiger partial charge in [0.25, 0.3) is 0 Å². The molecular weight excluding hydrogens is 240 g/mol. The molecule has 1 fully saturated rings. The van der Waals surface area contributed by atoms with Gasteiger partial charge in [-0.15, -0.1) is 11.6 Å². The molecule has 0 spiro atoms. The third-order valence-electron chi connectivity index (χ3n) is 5.87. The zero-order valence-corrected chi connectivity index (χ0v) is 12.6. The first-order valence-electron chi connectivity index (χ1n) is 7.11. The number of alkyl halides is 1. The van der Waals surface area contributed by atoms with Gasteiger partial charge in [-0.1, -0.05) is 45.9 Å². The molecule has 1 unspecified atom stereocenters. The summed E-state index contributed by atoms with van der Waals surface area (Å²) in [7, 11) is 0. The second-order valence-electron chi connectivity index (χ2n) is 7.20. The van der Waals surface area contributed by atoms with E-state index in [1.807, 2.05) is 0 Å². The first kappa shape index (κ1) is 12.5. The van der Waals surface area contributed by atoms with Gasteiger partial charge >= 0.3 is 0 Å². The van der Waals surface area contributed by atoms with E-state index in [4.69, 9.17) is 11.6 Å². The Kier molecular flexibility index (Phi) is 2.62. The van der Waals surface area contributed by atoms with E-state index in [2.05, 4.69) is 45.9 Å². The minimum Gasteiger partial charge on any atom is -0.117 e. The van der Waals surface area contributed by atoms with E-state index in [1.54, 1.807) is 0 Å². The third kappa shape index (κ3) is 1.58. The fourth-order valence-corrected chi connectivity index (χ4v) is 4.70. The number of rotatable bonds is 2. The minimum atomic E-state index is 0.167. The predicted molar refractivity (Wildman–Crippen MR) is 78.1 cm³/mol. The van der Waals surface area contributed by atoms with Gasteiger partial charge in [-0.2, -0.15) is 0 Å². The molecule has 0 saturated heterocycles. The van der Waals surface area contributed by atoms with Crippen LogP contribution in [0.3, 0.4) is 0 Å². The maximum absolute atomic E-state index is 6.77. The minimum absolute atomic E-state index is 0.167. The molecule has 2 aliphatic rings. The Labute approximate surface area is 116 Å². The van der Waals surface area contributed by atoms with Crippen LogP contribution in [0.5, 0.6) is 0 Å². The van der Waals surface area contributed by atoms with E-state index in [9.17, 15) is 0 Å². The molecule has 1 aromatic rings. The van der Waals surface area contributed by atoms with E-state index in [0.717, 1.165) is 0 Å². The highest BCUT2D eigenvalue weighted by molar-refractivity contribution is 6.21. The van der Waals surface area contributed by atoms with Crippen LogP contribution in [0.15, 0.2) is 18.2 Å². The number of fused-ring (bicyclic) bond motifs is 1. The maximum Gasteiger partial charge on any atom is 0.0624 e. The van der Waals surface area contributed by atoms with Gasteiger partial charge in [0.05, 0.1) is 5.38 Å². The first-order valence-corrected chi connectivity index (χ1v) is 7.55. The molecule has 3 rings (SSSR count). The Bertz CT molecular complexity index is 470. The van der Waals surface area contributed by atoms with Gasteiger partial charge in [0.2, 0.25) is 0 Å². The molecule has 0 aromatic heterocycles. The summed E-state index contributed by atoms with van der Waals surface area (Å²) in [6, 6.07) is 6.92. The summed E-state index contributed by atoms with van der Waals surface area (Å²) in [6.07, 6.45) is 3.80. The van der Waals surface area contributed by atoms with Crippen LogP contribution in [0.25, 0.3) is 0 Å². The standard InChI is InChI=1S/C17H23Cl/c1-16(2)15(17(16,3)4)14(18)13-9-8-11-6-5-7-12(11)10-13/h8-10,14-15H,5-7H2,1-4H3. The van der Waals surface area contributed by atoms with Gasteiger partial charge < -0.3 is 0 Å². The number of benzene rings is 1. The van der Waals surface area contributed by atoms with Crippen LogP contribution in [-0.4, -0.2) is 0 Å². The summed E-state index contributed by atoms with van der Waals surface area (Å²) < 4.78 is 0. The molecular formula is C17H23Cl. The molecule has 0 nitrogen and oxygen atoms in total. The topological polar surface area (TPSA) is 0 Å². The molecule has 0 N–H and O–H groups in total. The van der Waals surface area contributed by atoms with Crippen molar-refractivity contribution >= 4 is 11.6 Å². The maximum atomic E-state index is 6.77. The highest BCUT2D eigenvalue weighted by Crippen LogP contribution is 2.73. The molecule has 0 heterocycles. The van der Waals surface area contributed by atoms with Gasteiger partial charge in [0.1, 0.15) is 0 Å². The van der Waals surface area contributed by atoms with Gasteiger partial charge in [-0.05, 0) is 52.7 Å². The molecule has 18 heavy (non-hydrogen) atoms. The van der Waals surface area contributed by atoms with Crippen LogP contribution in [0.1, 0.15) is 56.2 Å². The summed E-state index contributed by atoms with van der Waals surface area (Å²) >= 11 is 6.77. The van der Waals surface area contributed by atoms with Gasteiger partial charge in [-0.3, -0.25) is 0 Å². The van der Waals surface area contributed by atoms with Gasteiger partial charge in [0.15, 0.2) is 0 Å². The molecule has 1 saturated carbocycles. The van der Waals surface area contributed by atoms with Crippen molar-refractivity contribution in [2.24, 2.45) is 16.7 Å². The zero-order chi connectivity index (χ0) is 13.1. The predicted octanol–water partition coefficient (Wildman–Crippen LogP) is 5.14. The van der Waals surface area contributed by atoms with Crippen molar-refractivity contribution < 1.29 is 0 Å². The fraction of sp³-hybridized carbons (Fsp3) is 0.647. The van der Waals surface area contributed by atoms with Crippen LogP contribution in [-0.2, 0) is 12.8 Å². The first-order chi connectivity index (χ1) is 8.35. The van der Waals surface area contributed by atoms with Crippen molar-refractivity contribution in [2.75, 3.05) is 0 Å². The molecule has 0 bridgehead atoms.